The monoisotopic (exact) mass is 488 g/mol. The Morgan fingerprint density at radius 1 is 1.24 bits per heavy atom. The smallest absolute Gasteiger partial charge is 0.260 e. The Morgan fingerprint density at radius 2 is 2.00 bits per heavy atom. The van der Waals surface area contributed by atoms with Gasteiger partial charge in [-0.3, -0.25) is 9.69 Å². The number of fused-ring (bicyclic) bond motifs is 1. The van der Waals surface area contributed by atoms with E-state index in [1.54, 1.807) is 30.9 Å². The molecule has 1 atom stereocenters. The van der Waals surface area contributed by atoms with E-state index in [1.807, 2.05) is 25.1 Å². The largest absolute Gasteiger partial charge is 0.494 e. The fourth-order valence-electron chi connectivity index (χ4n) is 3.72. The first-order valence-electron chi connectivity index (χ1n) is 11.1. The minimum absolute atomic E-state index is 0.0551. The molecule has 7 nitrogen and oxygen atoms in total. The van der Waals surface area contributed by atoms with E-state index >= 15 is 0 Å². The summed E-state index contributed by atoms with van der Waals surface area (Å²) in [6.07, 6.45) is 1.79. The van der Waals surface area contributed by atoms with E-state index < -0.39 is 15.1 Å². The summed E-state index contributed by atoms with van der Waals surface area (Å²) in [5, 5.41) is 0.0532. The minimum atomic E-state index is -3.40. The lowest BCUT2D eigenvalue weighted by atomic mass is 10.2. The molecule has 0 bridgehead atoms. The average molecular weight is 489 g/mol. The van der Waals surface area contributed by atoms with Crippen molar-refractivity contribution >= 4 is 42.4 Å². The van der Waals surface area contributed by atoms with Gasteiger partial charge in [0.25, 0.3) is 5.91 Å². The topological polar surface area (TPSA) is 85.8 Å². The maximum atomic E-state index is 13.5. The summed E-state index contributed by atoms with van der Waals surface area (Å²) in [4.78, 5) is 20.1. The van der Waals surface area contributed by atoms with Crippen LogP contribution in [0.3, 0.4) is 0 Å². The van der Waals surface area contributed by atoms with Crippen molar-refractivity contribution in [2.24, 2.45) is 0 Å². The van der Waals surface area contributed by atoms with Crippen molar-refractivity contribution in [1.82, 2.24) is 4.98 Å². The van der Waals surface area contributed by atoms with Gasteiger partial charge < -0.3 is 9.47 Å². The van der Waals surface area contributed by atoms with Crippen molar-refractivity contribution < 1.29 is 22.7 Å². The second-order valence-electron chi connectivity index (χ2n) is 8.23. The summed E-state index contributed by atoms with van der Waals surface area (Å²) in [6.45, 7) is 6.87. The first-order chi connectivity index (χ1) is 15.8. The molecule has 0 spiro atoms. The van der Waals surface area contributed by atoms with E-state index in [1.165, 1.54) is 23.5 Å². The van der Waals surface area contributed by atoms with Crippen LogP contribution < -0.4 is 9.64 Å². The first-order valence-corrected chi connectivity index (χ1v) is 13.5. The number of anilines is 1. The van der Waals surface area contributed by atoms with Gasteiger partial charge in [0.1, 0.15) is 5.75 Å². The first kappa shape index (κ1) is 23.7. The third-order valence-electron chi connectivity index (χ3n) is 5.60. The highest BCUT2D eigenvalue weighted by molar-refractivity contribution is 7.92. The normalized spacial score (nSPS) is 16.4. The number of amides is 1. The molecule has 0 radical (unpaired) electrons. The highest BCUT2D eigenvalue weighted by Crippen LogP contribution is 2.33. The number of thiazole rings is 1. The highest BCUT2D eigenvalue weighted by Gasteiger charge is 2.28. The average Bonchev–Trinajstić information content (AvgIpc) is 3.46. The van der Waals surface area contributed by atoms with E-state index in [2.05, 4.69) is 0 Å². The summed E-state index contributed by atoms with van der Waals surface area (Å²) in [7, 11) is -3.40. The summed E-state index contributed by atoms with van der Waals surface area (Å²) in [5.74, 6) is 0.530. The van der Waals surface area contributed by atoms with Crippen LogP contribution in [0, 0.1) is 0 Å². The number of hydrogen-bond acceptors (Lipinski definition) is 7. The van der Waals surface area contributed by atoms with E-state index in [0.717, 1.165) is 28.8 Å². The summed E-state index contributed by atoms with van der Waals surface area (Å²) in [5.41, 5.74) is 1.20. The number of hydrogen-bond donors (Lipinski definition) is 0. The summed E-state index contributed by atoms with van der Waals surface area (Å²) in [6, 6.07) is 11.8. The Labute approximate surface area is 198 Å². The van der Waals surface area contributed by atoms with Crippen LogP contribution in [0.25, 0.3) is 10.2 Å². The lowest BCUT2D eigenvalue weighted by Gasteiger charge is -2.23. The van der Waals surface area contributed by atoms with Crippen LogP contribution in [0.4, 0.5) is 5.13 Å². The van der Waals surface area contributed by atoms with Gasteiger partial charge in [-0.25, -0.2) is 13.4 Å². The molecule has 1 aliphatic heterocycles. The second-order valence-corrected chi connectivity index (χ2v) is 11.7. The van der Waals surface area contributed by atoms with Gasteiger partial charge in [0.15, 0.2) is 15.0 Å². The Balaban J connectivity index is 1.67. The van der Waals surface area contributed by atoms with Crippen LogP contribution in [-0.4, -0.2) is 50.4 Å². The number of nitrogens with zero attached hydrogens (tertiary/aromatic N) is 2. The van der Waals surface area contributed by atoms with Crippen LogP contribution in [-0.2, 0) is 14.6 Å². The number of ether oxygens (including phenoxy) is 2. The minimum Gasteiger partial charge on any atom is -0.494 e. The molecule has 1 fully saturated rings. The molecule has 0 N–H and O–H groups in total. The third-order valence-corrected chi connectivity index (χ3v) is 8.81. The Bertz CT molecular complexity index is 1230. The zero-order valence-electron chi connectivity index (χ0n) is 19.0. The van der Waals surface area contributed by atoms with Crippen molar-refractivity contribution in [3.63, 3.8) is 0 Å². The van der Waals surface area contributed by atoms with Gasteiger partial charge in [0.05, 0.1) is 39.6 Å². The molecule has 1 unspecified atom stereocenters. The number of aromatic nitrogens is 1. The maximum Gasteiger partial charge on any atom is 0.260 e. The number of sulfone groups is 1. The van der Waals surface area contributed by atoms with Gasteiger partial charge in [-0.05, 0) is 76.1 Å². The number of carbonyl (C=O) groups excluding carboxylic acids is 1. The van der Waals surface area contributed by atoms with Crippen LogP contribution in [0.1, 0.15) is 44.0 Å². The molecule has 1 aliphatic rings. The molecule has 1 aromatic heterocycles. The zero-order chi connectivity index (χ0) is 23.6. The quantitative estimate of drug-likeness (QED) is 0.457. The predicted molar refractivity (Wildman–Crippen MR) is 130 cm³/mol. The van der Waals surface area contributed by atoms with E-state index in [9.17, 15) is 13.2 Å². The van der Waals surface area contributed by atoms with Gasteiger partial charge in [-0.1, -0.05) is 11.3 Å². The molecule has 4 rings (SSSR count). The van der Waals surface area contributed by atoms with Gasteiger partial charge >= 0.3 is 0 Å². The predicted octanol–water partition coefficient (Wildman–Crippen LogP) is 4.70. The molecular weight excluding hydrogens is 460 g/mol. The van der Waals surface area contributed by atoms with E-state index in [4.69, 9.17) is 14.5 Å². The van der Waals surface area contributed by atoms with Gasteiger partial charge in [-0.2, -0.15) is 0 Å². The Kier molecular flexibility index (Phi) is 7.02. The molecule has 0 aliphatic carbocycles. The molecule has 2 aromatic carbocycles. The molecule has 33 heavy (non-hydrogen) atoms. The standard InChI is InChI=1S/C24H28N2O5S2/c1-4-30-18-9-12-21-22(14-18)32-24(25-21)26(15-19-6-5-13-31-19)23(27)17-7-10-20(11-8-17)33(28,29)16(2)3/h7-12,14,16,19H,4-6,13,15H2,1-3H3. The zero-order valence-corrected chi connectivity index (χ0v) is 20.6. The number of benzene rings is 2. The van der Waals surface area contributed by atoms with Crippen molar-refractivity contribution in [3.8, 4) is 5.75 Å². The molecule has 176 valence electrons. The number of rotatable bonds is 8. The van der Waals surface area contributed by atoms with Crippen molar-refractivity contribution in [2.45, 2.75) is 49.9 Å². The van der Waals surface area contributed by atoms with Crippen molar-refractivity contribution in [3.05, 3.63) is 48.0 Å². The fraction of sp³-hybridized carbons (Fsp3) is 0.417. The maximum absolute atomic E-state index is 13.5. The highest BCUT2D eigenvalue weighted by atomic mass is 32.2. The van der Waals surface area contributed by atoms with Crippen LogP contribution in [0.15, 0.2) is 47.4 Å². The lowest BCUT2D eigenvalue weighted by Crippen LogP contribution is -2.37. The van der Waals surface area contributed by atoms with E-state index in [0.29, 0.717) is 30.5 Å². The molecule has 0 saturated carbocycles. The van der Waals surface area contributed by atoms with Crippen LogP contribution >= 0.6 is 11.3 Å². The molecule has 9 heteroatoms. The molecular formula is C24H28N2O5S2. The SMILES string of the molecule is CCOc1ccc2nc(N(CC3CCCO3)C(=O)c3ccc(S(=O)(=O)C(C)C)cc3)sc2c1. The van der Waals surface area contributed by atoms with Crippen molar-refractivity contribution in [2.75, 3.05) is 24.7 Å². The second kappa shape index (κ2) is 9.79. The third kappa shape index (κ3) is 5.05. The summed E-state index contributed by atoms with van der Waals surface area (Å²) >= 11 is 1.43. The molecule has 3 aromatic rings. The Morgan fingerprint density at radius 3 is 2.64 bits per heavy atom. The fourth-order valence-corrected chi connectivity index (χ4v) is 5.78. The van der Waals surface area contributed by atoms with Crippen LogP contribution in [0.2, 0.25) is 0 Å². The molecule has 1 amide bonds. The van der Waals surface area contributed by atoms with Gasteiger partial charge in [0.2, 0.25) is 0 Å². The summed E-state index contributed by atoms with van der Waals surface area (Å²) < 4.78 is 37.2. The van der Waals surface area contributed by atoms with Crippen LogP contribution in [0.5, 0.6) is 5.75 Å². The Hall–Kier alpha value is -2.49. The molecule has 1 saturated heterocycles. The lowest BCUT2D eigenvalue weighted by molar-refractivity contribution is 0.0917. The van der Waals surface area contributed by atoms with Gasteiger partial charge in [-0.15, -0.1) is 0 Å². The number of carbonyl (C=O) groups is 1. The molecule has 2 heterocycles. The van der Waals surface area contributed by atoms with Crippen molar-refractivity contribution in [1.29, 1.82) is 0 Å². The van der Waals surface area contributed by atoms with Gasteiger partial charge in [0, 0.05) is 12.2 Å². The van der Waals surface area contributed by atoms with E-state index in [-0.39, 0.29) is 16.9 Å².